The van der Waals surface area contributed by atoms with Crippen molar-refractivity contribution in [3.8, 4) is 67.5 Å². The van der Waals surface area contributed by atoms with Gasteiger partial charge in [0.1, 0.15) is 11.2 Å². The van der Waals surface area contributed by atoms with E-state index >= 15 is 0 Å². The van der Waals surface area contributed by atoms with Crippen LogP contribution in [0.25, 0.3) is 100 Å². The van der Waals surface area contributed by atoms with E-state index in [4.69, 9.17) is 19.4 Å². The molecule has 0 saturated carbocycles. The summed E-state index contributed by atoms with van der Waals surface area (Å²) in [5.41, 5.74) is 11.7. The summed E-state index contributed by atoms with van der Waals surface area (Å²) in [6.07, 6.45) is 0. The zero-order chi connectivity index (χ0) is 30.9. The molecule has 1 aliphatic carbocycles. The lowest BCUT2D eigenvalue weighted by Gasteiger charge is -2.13. The molecule has 0 aliphatic heterocycles. The van der Waals surface area contributed by atoms with Crippen molar-refractivity contribution in [1.82, 2.24) is 15.0 Å². The van der Waals surface area contributed by atoms with Crippen molar-refractivity contribution in [2.45, 2.75) is 0 Å². The lowest BCUT2D eigenvalue weighted by Crippen LogP contribution is -2.01. The third-order valence-corrected chi connectivity index (χ3v) is 9.27. The number of para-hydroxylation sites is 1. The highest BCUT2D eigenvalue weighted by Crippen LogP contribution is 2.48. The molecule has 218 valence electrons. The predicted molar refractivity (Wildman–Crippen MR) is 191 cm³/mol. The van der Waals surface area contributed by atoms with Crippen LogP contribution >= 0.6 is 0 Å². The van der Waals surface area contributed by atoms with Gasteiger partial charge in [0.25, 0.3) is 0 Å². The van der Waals surface area contributed by atoms with Crippen molar-refractivity contribution in [3.63, 3.8) is 0 Å². The monoisotopic (exact) mass is 599 g/mol. The molecular weight excluding hydrogens is 574 g/mol. The average molecular weight is 600 g/mol. The second kappa shape index (κ2) is 10.1. The van der Waals surface area contributed by atoms with Gasteiger partial charge >= 0.3 is 0 Å². The van der Waals surface area contributed by atoms with Crippen molar-refractivity contribution >= 4 is 32.7 Å². The maximum Gasteiger partial charge on any atom is 0.164 e. The molecule has 4 heteroatoms. The van der Waals surface area contributed by atoms with E-state index < -0.39 is 0 Å². The Balaban J connectivity index is 1.23. The minimum atomic E-state index is 0.625. The van der Waals surface area contributed by atoms with Crippen molar-refractivity contribution in [3.05, 3.63) is 152 Å². The van der Waals surface area contributed by atoms with Gasteiger partial charge in [-0.1, -0.05) is 127 Å². The van der Waals surface area contributed by atoms with Crippen molar-refractivity contribution in [1.29, 1.82) is 0 Å². The van der Waals surface area contributed by atoms with E-state index in [1.807, 2.05) is 42.5 Å². The van der Waals surface area contributed by atoms with Gasteiger partial charge < -0.3 is 4.42 Å². The average Bonchev–Trinajstić information content (AvgIpc) is 3.69. The van der Waals surface area contributed by atoms with Gasteiger partial charge in [-0.15, -0.1) is 0 Å². The SMILES string of the molecule is c1ccc(-c2nc(-c3cc4c5c(cccc5c3)-c3ccccc3-4)nc(-c3ccccc3-c3cccc4oc5ccccc5c34)n2)cc1. The fraction of sp³-hybridized carbons (Fsp3) is 0. The highest BCUT2D eigenvalue weighted by Gasteiger charge is 2.23. The highest BCUT2D eigenvalue weighted by molar-refractivity contribution is 6.16. The fourth-order valence-electron chi connectivity index (χ4n) is 7.20. The van der Waals surface area contributed by atoms with Crippen LogP contribution in [0.1, 0.15) is 0 Å². The van der Waals surface area contributed by atoms with Crippen LogP contribution in [0.4, 0.5) is 0 Å². The van der Waals surface area contributed by atoms with E-state index in [2.05, 4.69) is 109 Å². The van der Waals surface area contributed by atoms with Crippen molar-refractivity contribution in [2.75, 3.05) is 0 Å². The Morgan fingerprint density at radius 1 is 0.340 bits per heavy atom. The van der Waals surface area contributed by atoms with Crippen molar-refractivity contribution < 1.29 is 4.42 Å². The molecule has 2 heterocycles. The minimum absolute atomic E-state index is 0.625. The molecule has 9 aromatic rings. The quantitative estimate of drug-likeness (QED) is 0.202. The summed E-state index contributed by atoms with van der Waals surface area (Å²) < 4.78 is 6.26. The summed E-state index contributed by atoms with van der Waals surface area (Å²) in [4.78, 5) is 15.4. The summed E-state index contributed by atoms with van der Waals surface area (Å²) >= 11 is 0. The lowest BCUT2D eigenvalue weighted by molar-refractivity contribution is 0.669. The van der Waals surface area contributed by atoms with Gasteiger partial charge in [-0.05, 0) is 68.4 Å². The first kappa shape index (κ1) is 25.9. The van der Waals surface area contributed by atoms with Gasteiger partial charge in [-0.2, -0.15) is 0 Å². The number of benzene rings is 7. The third kappa shape index (κ3) is 3.98. The highest BCUT2D eigenvalue weighted by atomic mass is 16.3. The molecule has 4 nitrogen and oxygen atoms in total. The van der Waals surface area contributed by atoms with E-state index in [0.717, 1.165) is 49.8 Å². The zero-order valence-corrected chi connectivity index (χ0v) is 25.2. The topological polar surface area (TPSA) is 51.8 Å². The molecule has 0 fully saturated rings. The second-order valence-electron chi connectivity index (χ2n) is 12.0. The van der Waals surface area contributed by atoms with E-state index in [1.54, 1.807) is 0 Å². The summed E-state index contributed by atoms with van der Waals surface area (Å²) in [5.74, 6) is 1.90. The van der Waals surface area contributed by atoms with Crippen LogP contribution in [0.5, 0.6) is 0 Å². The van der Waals surface area contributed by atoms with E-state index in [-0.39, 0.29) is 0 Å². The van der Waals surface area contributed by atoms with Gasteiger partial charge in [0.05, 0.1) is 0 Å². The molecular formula is C43H25N3O. The van der Waals surface area contributed by atoms with Crippen LogP contribution in [0.15, 0.2) is 156 Å². The Labute approximate surface area is 270 Å². The second-order valence-corrected chi connectivity index (χ2v) is 12.0. The molecule has 47 heavy (non-hydrogen) atoms. The number of fused-ring (bicyclic) bond motifs is 6. The Morgan fingerprint density at radius 2 is 0.894 bits per heavy atom. The number of furan rings is 1. The van der Waals surface area contributed by atoms with E-state index in [0.29, 0.717) is 17.5 Å². The molecule has 0 N–H and O–H groups in total. The van der Waals surface area contributed by atoms with Gasteiger partial charge in [-0.3, -0.25) is 0 Å². The number of hydrogen-bond acceptors (Lipinski definition) is 4. The molecule has 0 spiro atoms. The minimum Gasteiger partial charge on any atom is -0.456 e. The summed E-state index contributed by atoms with van der Waals surface area (Å²) in [6.45, 7) is 0. The summed E-state index contributed by atoms with van der Waals surface area (Å²) in [5, 5.41) is 4.62. The van der Waals surface area contributed by atoms with E-state index in [1.165, 1.54) is 33.0 Å². The predicted octanol–water partition coefficient (Wildman–Crippen LogP) is 11.2. The standard InChI is InChI=1S/C43H25N3O/c1-2-12-26(13-3-1)41-44-42(28-24-27-14-10-20-32-29-15-4-5-16-30(29)36(25-28)39(27)32)46-43(45-41)34-18-7-6-17-31(34)33-21-11-23-38-40(33)35-19-8-9-22-37(35)47-38/h1-25H. The lowest BCUT2D eigenvalue weighted by atomic mass is 9.95. The molecule has 2 aromatic heterocycles. The first-order valence-corrected chi connectivity index (χ1v) is 15.8. The van der Waals surface area contributed by atoms with Crippen molar-refractivity contribution in [2.24, 2.45) is 0 Å². The third-order valence-electron chi connectivity index (χ3n) is 9.27. The fourth-order valence-corrected chi connectivity index (χ4v) is 7.20. The van der Waals surface area contributed by atoms with Crippen LogP contribution in [0, 0.1) is 0 Å². The molecule has 0 atom stereocenters. The maximum atomic E-state index is 6.26. The Kier molecular flexibility index (Phi) is 5.54. The molecule has 0 bridgehead atoms. The van der Waals surface area contributed by atoms with E-state index in [9.17, 15) is 0 Å². The molecule has 0 unspecified atom stereocenters. The number of hydrogen-bond donors (Lipinski definition) is 0. The molecule has 0 amide bonds. The Hall–Kier alpha value is -6.39. The maximum absolute atomic E-state index is 6.26. The number of rotatable bonds is 4. The van der Waals surface area contributed by atoms with Gasteiger partial charge in [0, 0.05) is 27.5 Å². The number of aromatic nitrogens is 3. The smallest absolute Gasteiger partial charge is 0.164 e. The zero-order valence-electron chi connectivity index (χ0n) is 25.2. The first-order chi connectivity index (χ1) is 23.3. The molecule has 0 radical (unpaired) electrons. The summed E-state index contributed by atoms with van der Waals surface area (Å²) in [6, 6.07) is 52.6. The van der Waals surface area contributed by atoms with Gasteiger partial charge in [-0.25, -0.2) is 15.0 Å². The van der Waals surface area contributed by atoms with Crippen LogP contribution in [0.2, 0.25) is 0 Å². The van der Waals surface area contributed by atoms with Crippen LogP contribution < -0.4 is 0 Å². The van der Waals surface area contributed by atoms with Gasteiger partial charge in [0.15, 0.2) is 17.5 Å². The van der Waals surface area contributed by atoms with Gasteiger partial charge in [0.2, 0.25) is 0 Å². The largest absolute Gasteiger partial charge is 0.456 e. The van der Waals surface area contributed by atoms with Crippen LogP contribution in [0.3, 0.4) is 0 Å². The molecule has 7 aromatic carbocycles. The summed E-state index contributed by atoms with van der Waals surface area (Å²) in [7, 11) is 0. The Bertz CT molecular complexity index is 2690. The van der Waals surface area contributed by atoms with Crippen LogP contribution in [-0.4, -0.2) is 15.0 Å². The molecule has 10 rings (SSSR count). The molecule has 0 saturated heterocycles. The van der Waals surface area contributed by atoms with Crippen LogP contribution in [-0.2, 0) is 0 Å². The molecule has 1 aliphatic rings. The first-order valence-electron chi connectivity index (χ1n) is 15.8. The normalized spacial score (nSPS) is 11.8. The Morgan fingerprint density at radius 3 is 1.70 bits per heavy atom. The number of nitrogens with zero attached hydrogens (tertiary/aromatic N) is 3.